The third-order valence-electron chi connectivity index (χ3n) is 0.502. The average Bonchev–Trinajstić information content (AvgIpc) is 1.87. The number of ether oxygens (including phenoxy) is 1. The minimum absolute atomic E-state index is 0. The van der Waals surface area contributed by atoms with Gasteiger partial charge in [0.05, 0.1) is 0 Å². The van der Waals surface area contributed by atoms with Crippen LogP contribution in [0.15, 0.2) is 0 Å². The molecule has 0 atom stereocenters. The van der Waals surface area contributed by atoms with Crippen molar-refractivity contribution >= 4 is 46.7 Å². The Morgan fingerprint density at radius 3 is 2.18 bits per heavy atom. The molecule has 0 aliphatic carbocycles. The maximum absolute atomic E-state index is 10.3. The summed E-state index contributed by atoms with van der Waals surface area (Å²) in [6.45, 7) is 0. The molecule has 0 aromatic carbocycles. The van der Waals surface area contributed by atoms with Crippen molar-refractivity contribution in [2.75, 3.05) is 5.88 Å². The third-order valence-corrected chi connectivity index (χ3v) is 1.08. The molecule has 0 fully saturated rings. The van der Waals surface area contributed by atoms with Crippen molar-refractivity contribution in [2.45, 2.75) is 4.84 Å². The zero-order chi connectivity index (χ0) is 8.15. The minimum atomic E-state index is -1.34. The van der Waals surface area contributed by atoms with Gasteiger partial charge in [-0.3, -0.25) is 4.79 Å². The normalized spacial score (nSPS) is 8.73. The molecule has 0 aliphatic rings. The van der Waals surface area contributed by atoms with Gasteiger partial charge in [-0.15, -0.1) is 11.6 Å². The Hall–Kier alpha value is 1.01. The van der Waals surface area contributed by atoms with Gasteiger partial charge in [-0.1, -0.05) is 23.2 Å². The molecule has 0 aliphatic heterocycles. The number of rotatable bonds is 2. The quantitative estimate of drug-likeness (QED) is 0.243. The van der Waals surface area contributed by atoms with Crippen LogP contribution in [0.4, 0.5) is 0 Å². The van der Waals surface area contributed by atoms with Gasteiger partial charge in [0.2, 0.25) is 4.84 Å². The predicted octanol–water partition coefficient (Wildman–Crippen LogP) is -1.78. The molecule has 0 rings (SSSR count). The molecule has 0 aromatic rings. The second kappa shape index (κ2) is 7.65. The molecule has 0 radical (unpaired) electrons. The number of carbonyl (C=O) groups excluding carboxylic acids is 2. The summed E-state index contributed by atoms with van der Waals surface area (Å²) in [4.78, 5) is 19.2. The molecule has 0 unspecified atom stereocenters. The zero-order valence-corrected chi connectivity index (χ0v) is 9.91. The molecule has 11 heavy (non-hydrogen) atoms. The van der Waals surface area contributed by atoms with Crippen molar-refractivity contribution in [3.63, 3.8) is 0 Å². The van der Waals surface area contributed by atoms with E-state index in [4.69, 9.17) is 34.8 Å². The Kier molecular flexibility index (Phi) is 10.1. The van der Waals surface area contributed by atoms with Crippen LogP contribution in [0.1, 0.15) is 1.43 Å². The summed E-state index contributed by atoms with van der Waals surface area (Å²) in [5.41, 5.74) is 0. The van der Waals surface area contributed by atoms with Crippen LogP contribution in [-0.4, -0.2) is 22.7 Å². The van der Waals surface area contributed by atoms with Gasteiger partial charge in [0.1, 0.15) is 5.88 Å². The summed E-state index contributed by atoms with van der Waals surface area (Å²) in [6, 6.07) is 0. The van der Waals surface area contributed by atoms with E-state index in [0.29, 0.717) is 0 Å². The first-order valence-corrected chi connectivity index (χ1v) is 3.57. The number of halogens is 3. The van der Waals surface area contributed by atoms with Gasteiger partial charge in [0, 0.05) is 0 Å². The van der Waals surface area contributed by atoms with E-state index in [9.17, 15) is 9.59 Å². The van der Waals surface area contributed by atoms with E-state index in [2.05, 4.69) is 4.74 Å². The van der Waals surface area contributed by atoms with Gasteiger partial charge >= 0.3 is 41.5 Å². The number of hydrogen-bond donors (Lipinski definition) is 0. The molecule has 0 amide bonds. The maximum Gasteiger partial charge on any atom is 1.00 e. The van der Waals surface area contributed by atoms with Gasteiger partial charge in [0.15, 0.2) is 0 Å². The first kappa shape index (κ1) is 14.5. The Morgan fingerprint density at radius 2 is 1.91 bits per heavy atom. The van der Waals surface area contributed by atoms with Gasteiger partial charge in [-0.2, -0.15) is 0 Å². The van der Waals surface area contributed by atoms with E-state index in [1.54, 1.807) is 0 Å². The van der Waals surface area contributed by atoms with E-state index < -0.39 is 22.7 Å². The maximum atomic E-state index is 10.3. The van der Waals surface area contributed by atoms with E-state index >= 15 is 0 Å². The summed E-state index contributed by atoms with van der Waals surface area (Å²) in [5.74, 6) is -2.27. The molecule has 60 valence electrons. The number of esters is 2. The van der Waals surface area contributed by atoms with Crippen LogP contribution in [0, 0.1) is 0 Å². The molecule has 3 nitrogen and oxygen atoms in total. The fourth-order valence-electron chi connectivity index (χ4n) is 0.184. The SMILES string of the molecule is O=C(CCl)OC(=O)C(Cl)Cl.[H-].[Na+]. The second-order valence-corrected chi connectivity index (χ2v) is 2.59. The zero-order valence-electron chi connectivity index (χ0n) is 6.64. The van der Waals surface area contributed by atoms with Crippen molar-refractivity contribution < 1.29 is 45.3 Å². The Morgan fingerprint density at radius 1 is 1.45 bits per heavy atom. The van der Waals surface area contributed by atoms with Crippen molar-refractivity contribution in [1.82, 2.24) is 0 Å². The first-order valence-electron chi connectivity index (χ1n) is 2.16. The number of hydrogen-bond acceptors (Lipinski definition) is 3. The van der Waals surface area contributed by atoms with Gasteiger partial charge in [-0.25, -0.2) is 4.79 Å². The molecule has 0 spiro atoms. The Balaban J connectivity index is -0.000000405. The predicted molar refractivity (Wildman–Crippen MR) is 38.4 cm³/mol. The number of alkyl halides is 3. The van der Waals surface area contributed by atoms with Crippen LogP contribution in [0.3, 0.4) is 0 Å². The smallest absolute Gasteiger partial charge is 1.00 e. The third kappa shape index (κ3) is 7.37. The van der Waals surface area contributed by atoms with E-state index in [0.717, 1.165) is 0 Å². The molecule has 0 bridgehead atoms. The van der Waals surface area contributed by atoms with E-state index in [1.165, 1.54) is 0 Å². The number of carbonyl (C=O) groups is 2. The second-order valence-electron chi connectivity index (χ2n) is 1.23. The monoisotopic (exact) mass is 228 g/mol. The van der Waals surface area contributed by atoms with Crippen molar-refractivity contribution in [2.24, 2.45) is 0 Å². The summed E-state index contributed by atoms with van der Waals surface area (Å²) in [6.07, 6.45) is 0. The van der Waals surface area contributed by atoms with Crippen molar-refractivity contribution in [3.8, 4) is 0 Å². The molecule has 7 heteroatoms. The molecule has 0 aromatic heterocycles. The summed E-state index contributed by atoms with van der Waals surface area (Å²) >= 11 is 15.0. The molecule has 0 heterocycles. The topological polar surface area (TPSA) is 43.4 Å². The standard InChI is InChI=1S/C4H3Cl3O3.Na.H/c5-1-2(8)10-4(9)3(6)7;;/h3H,1H2;;/q;+1;-1. The van der Waals surface area contributed by atoms with Crippen LogP contribution >= 0.6 is 34.8 Å². The van der Waals surface area contributed by atoms with E-state index in [1.807, 2.05) is 0 Å². The van der Waals surface area contributed by atoms with Crippen LogP contribution in [-0.2, 0) is 14.3 Å². The van der Waals surface area contributed by atoms with Crippen LogP contribution in [0.2, 0.25) is 0 Å². The van der Waals surface area contributed by atoms with Gasteiger partial charge < -0.3 is 6.16 Å². The minimum Gasteiger partial charge on any atom is -1.00 e. The van der Waals surface area contributed by atoms with Crippen molar-refractivity contribution in [1.29, 1.82) is 0 Å². The summed E-state index contributed by atoms with van der Waals surface area (Å²) in [7, 11) is 0. The summed E-state index contributed by atoms with van der Waals surface area (Å²) in [5, 5.41) is 0. The fraction of sp³-hybridized carbons (Fsp3) is 0.500. The molecule has 0 N–H and O–H groups in total. The molecule has 0 saturated carbocycles. The molecular weight excluding hydrogens is 225 g/mol. The van der Waals surface area contributed by atoms with Gasteiger partial charge in [-0.05, 0) is 0 Å². The van der Waals surface area contributed by atoms with Crippen LogP contribution < -0.4 is 29.6 Å². The molecule has 0 saturated heterocycles. The Labute approximate surface area is 102 Å². The van der Waals surface area contributed by atoms with Crippen LogP contribution in [0.5, 0.6) is 0 Å². The van der Waals surface area contributed by atoms with Gasteiger partial charge in [0.25, 0.3) is 0 Å². The van der Waals surface area contributed by atoms with Crippen LogP contribution in [0.25, 0.3) is 0 Å². The first-order chi connectivity index (χ1) is 4.57. The van der Waals surface area contributed by atoms with Crippen molar-refractivity contribution in [3.05, 3.63) is 0 Å². The molecular formula is C4H4Cl3NaO3. The van der Waals surface area contributed by atoms with E-state index in [-0.39, 0.29) is 31.0 Å². The Bertz CT molecular complexity index is 154. The largest absolute Gasteiger partial charge is 1.00 e. The average molecular weight is 229 g/mol. The summed E-state index contributed by atoms with van der Waals surface area (Å²) < 4.78 is 3.99. The fourth-order valence-corrected chi connectivity index (χ4v) is 0.328.